The number of allylic oxidation sites excluding steroid dienone is 2. The van der Waals surface area contributed by atoms with Gasteiger partial charge in [-0.3, -0.25) is 18.7 Å². The van der Waals surface area contributed by atoms with E-state index in [1.807, 2.05) is 50.2 Å². The first-order valence-corrected chi connectivity index (χ1v) is 17.2. The Labute approximate surface area is 275 Å². The Bertz CT molecular complexity index is 2410. The fraction of sp³-hybridized carbons (Fsp3) is 0.0588. The zero-order valence-corrected chi connectivity index (χ0v) is 26.9. The Balaban J connectivity index is 1.41. The van der Waals surface area contributed by atoms with Crippen LogP contribution in [-0.4, -0.2) is 48.9 Å². The molecule has 12 nitrogen and oxygen atoms in total. The van der Waals surface area contributed by atoms with E-state index in [0.717, 1.165) is 34.4 Å². The number of rotatable bonds is 7. The lowest BCUT2D eigenvalue weighted by Gasteiger charge is -2.22. The van der Waals surface area contributed by atoms with Crippen molar-refractivity contribution < 1.29 is 35.5 Å². The third kappa shape index (κ3) is 6.24. The fourth-order valence-electron chi connectivity index (χ4n) is 5.44. The van der Waals surface area contributed by atoms with Crippen molar-refractivity contribution in [1.82, 2.24) is 5.43 Å². The second-order valence-electron chi connectivity index (χ2n) is 11.0. The van der Waals surface area contributed by atoms with Gasteiger partial charge in [-0.2, -0.15) is 16.8 Å². The Morgan fingerprint density at radius 2 is 1.25 bits per heavy atom. The zero-order valence-electron chi connectivity index (χ0n) is 25.3. The lowest BCUT2D eigenvalue weighted by Crippen LogP contribution is -2.29. The molecule has 0 saturated carbocycles. The summed E-state index contributed by atoms with van der Waals surface area (Å²) in [7, 11) is -9.57. The molecule has 0 saturated heterocycles. The third-order valence-corrected chi connectivity index (χ3v) is 9.51. The highest BCUT2D eigenvalue weighted by molar-refractivity contribution is 7.95. The maximum Gasteiger partial charge on any atom is 0.295 e. The number of nitrogens with one attached hydrogen (secondary N) is 2. The van der Waals surface area contributed by atoms with E-state index in [-0.39, 0.29) is 33.7 Å². The molecule has 48 heavy (non-hydrogen) atoms. The van der Waals surface area contributed by atoms with Crippen molar-refractivity contribution in [2.24, 2.45) is 10.2 Å². The van der Waals surface area contributed by atoms with Crippen LogP contribution in [0.15, 0.2) is 112 Å². The van der Waals surface area contributed by atoms with E-state index >= 15 is 0 Å². The van der Waals surface area contributed by atoms with Gasteiger partial charge >= 0.3 is 0 Å². The number of anilines is 1. The minimum atomic E-state index is -4.80. The first kappa shape index (κ1) is 32.4. The van der Waals surface area contributed by atoms with Gasteiger partial charge < -0.3 is 10.9 Å². The number of hydrogen-bond acceptors (Lipinski definition) is 10. The van der Waals surface area contributed by atoms with Gasteiger partial charge in [-0.05, 0) is 60.9 Å². The molecule has 242 valence electrons. The number of aryl methyl sites for hydroxylation is 2. The number of hydrazine groups is 1. The number of fused-ring (bicyclic) bond motifs is 2. The number of carbonyl (C=O) groups excluding carboxylic acids is 2. The van der Waals surface area contributed by atoms with Crippen LogP contribution < -0.4 is 10.9 Å². The number of Topliss-reactive ketones (excluding diaryl/α,β-unsaturated/α-hetero) is 2. The van der Waals surface area contributed by atoms with E-state index in [2.05, 4.69) is 27.1 Å². The second kappa shape index (κ2) is 12.2. The molecule has 0 atom stereocenters. The van der Waals surface area contributed by atoms with Gasteiger partial charge in [0.2, 0.25) is 11.6 Å². The van der Waals surface area contributed by atoms with Crippen molar-refractivity contribution in [3.8, 4) is 11.1 Å². The highest BCUT2D eigenvalue weighted by atomic mass is 32.2. The molecule has 2 aliphatic carbocycles. The summed E-state index contributed by atoms with van der Waals surface area (Å²) in [5, 5.41) is 7.83. The standard InChI is InChI=1S/C34H26N4O8S2/c1-19-7-5-8-21(15-19)22-13-14-26(20(2)16-22)35-36-27-17-28(34(40)25-11-6-12-30(32(25)27)47(41,42)43)37-38-29-18-31(48(44,45)46)23-9-3-4-10-24(23)33(29)39/h3-18,35-36H,1-2H3,(H,41,42,43)(H,44,45,46)/b37-28-,38-29+. The lowest BCUT2D eigenvalue weighted by molar-refractivity contribution is 0.105. The molecule has 14 heteroatoms. The zero-order chi connectivity index (χ0) is 34.4. The minimum Gasteiger partial charge on any atom is -0.301 e. The summed E-state index contributed by atoms with van der Waals surface area (Å²) in [4.78, 5) is 25.6. The van der Waals surface area contributed by atoms with Gasteiger partial charge in [0.15, 0.2) is 0 Å². The van der Waals surface area contributed by atoms with Crippen LogP contribution in [-0.2, 0) is 20.2 Å². The van der Waals surface area contributed by atoms with Gasteiger partial charge in [0, 0.05) is 22.3 Å². The van der Waals surface area contributed by atoms with Crippen molar-refractivity contribution >= 4 is 59.5 Å². The van der Waals surface area contributed by atoms with Crippen LogP contribution in [0.2, 0.25) is 0 Å². The molecule has 0 heterocycles. The van der Waals surface area contributed by atoms with Gasteiger partial charge in [0.25, 0.3) is 20.2 Å². The summed E-state index contributed by atoms with van der Waals surface area (Å²) < 4.78 is 68.7. The molecule has 0 radical (unpaired) electrons. The maximum atomic E-state index is 13.5. The third-order valence-electron chi connectivity index (χ3n) is 7.72. The molecular weight excluding hydrogens is 657 g/mol. The van der Waals surface area contributed by atoms with Crippen LogP contribution in [0.1, 0.15) is 43.0 Å². The van der Waals surface area contributed by atoms with Crippen LogP contribution in [0.5, 0.6) is 0 Å². The smallest absolute Gasteiger partial charge is 0.295 e. The first-order chi connectivity index (χ1) is 22.7. The molecule has 4 aromatic carbocycles. The summed E-state index contributed by atoms with van der Waals surface area (Å²) in [6.45, 7) is 3.87. The van der Waals surface area contributed by atoms with Crippen LogP contribution in [0.25, 0.3) is 21.7 Å². The molecule has 4 aromatic rings. The summed E-state index contributed by atoms with van der Waals surface area (Å²) in [5.74, 6) is -1.49. The Morgan fingerprint density at radius 1 is 0.625 bits per heavy atom. The normalized spacial score (nSPS) is 16.2. The average molecular weight is 683 g/mol. The van der Waals surface area contributed by atoms with Crippen molar-refractivity contribution in [3.63, 3.8) is 0 Å². The van der Waals surface area contributed by atoms with Crippen LogP contribution in [0.3, 0.4) is 0 Å². The number of ketones is 2. The molecule has 0 fully saturated rings. The molecule has 0 spiro atoms. The molecular formula is C34H26N4O8S2. The van der Waals surface area contributed by atoms with Crippen molar-refractivity contribution in [2.75, 3.05) is 5.43 Å². The number of nitrogens with zero attached hydrogens (tertiary/aromatic N) is 2. The van der Waals surface area contributed by atoms with Gasteiger partial charge in [-0.1, -0.05) is 72.3 Å². The minimum absolute atomic E-state index is 0.0170. The summed E-state index contributed by atoms with van der Waals surface area (Å²) in [6.07, 6.45) is 2.04. The number of carbonyl (C=O) groups is 2. The van der Waals surface area contributed by atoms with E-state index < -0.39 is 47.3 Å². The largest absolute Gasteiger partial charge is 0.301 e. The first-order valence-electron chi connectivity index (χ1n) is 14.3. The number of hydrogen-bond donors (Lipinski definition) is 4. The van der Waals surface area contributed by atoms with Crippen LogP contribution in [0.4, 0.5) is 5.69 Å². The molecule has 6 rings (SSSR count). The average Bonchev–Trinajstić information content (AvgIpc) is 3.04. The molecule has 0 unspecified atom stereocenters. The summed E-state index contributed by atoms with van der Waals surface area (Å²) >= 11 is 0. The second-order valence-corrected chi connectivity index (χ2v) is 13.8. The Hall–Kier alpha value is -5.54. The maximum absolute atomic E-state index is 13.5. The highest BCUT2D eigenvalue weighted by Crippen LogP contribution is 2.32. The lowest BCUT2D eigenvalue weighted by atomic mass is 9.92. The van der Waals surface area contributed by atoms with E-state index in [0.29, 0.717) is 5.69 Å². The molecule has 2 aliphatic rings. The van der Waals surface area contributed by atoms with Gasteiger partial charge in [-0.25, -0.2) is 0 Å². The van der Waals surface area contributed by atoms with E-state index in [1.54, 1.807) is 0 Å². The quantitative estimate of drug-likeness (QED) is 0.147. The van der Waals surface area contributed by atoms with E-state index in [1.165, 1.54) is 42.5 Å². The van der Waals surface area contributed by atoms with Gasteiger partial charge in [0.05, 0.1) is 11.4 Å². The van der Waals surface area contributed by atoms with E-state index in [9.17, 15) is 35.5 Å². The molecule has 0 bridgehead atoms. The predicted molar refractivity (Wildman–Crippen MR) is 182 cm³/mol. The van der Waals surface area contributed by atoms with E-state index in [4.69, 9.17) is 0 Å². The van der Waals surface area contributed by atoms with Crippen molar-refractivity contribution in [1.29, 1.82) is 0 Å². The monoisotopic (exact) mass is 682 g/mol. The SMILES string of the molecule is Cc1cccc(-c2ccc(NNC3=C/C(=N/N=C4\C=C(S(=O)(=O)O)c5ccccc5C4=O)C(=O)c4cccc(S(=O)(=O)O)c43)c(C)c2)c1. The van der Waals surface area contributed by atoms with Crippen molar-refractivity contribution in [3.05, 3.63) is 130 Å². The molecule has 4 N–H and O–H groups in total. The Morgan fingerprint density at radius 3 is 1.92 bits per heavy atom. The predicted octanol–water partition coefficient (Wildman–Crippen LogP) is 5.29. The number of benzene rings is 4. The topological polar surface area (TPSA) is 192 Å². The van der Waals surface area contributed by atoms with Crippen molar-refractivity contribution in [2.45, 2.75) is 18.7 Å². The van der Waals surface area contributed by atoms with Gasteiger partial charge in [0.1, 0.15) is 21.2 Å². The molecule has 0 aliphatic heterocycles. The van der Waals surface area contributed by atoms with Gasteiger partial charge in [-0.15, -0.1) is 10.2 Å². The summed E-state index contributed by atoms with van der Waals surface area (Å²) in [5.41, 5.74) is 9.36. The fourth-order valence-corrected chi connectivity index (χ4v) is 6.88. The summed E-state index contributed by atoms with van der Waals surface area (Å²) in [6, 6.07) is 23.2. The highest BCUT2D eigenvalue weighted by Gasteiger charge is 2.32. The Kier molecular flexibility index (Phi) is 8.26. The van der Waals surface area contributed by atoms with Crippen LogP contribution in [0, 0.1) is 13.8 Å². The molecule has 0 amide bonds. The van der Waals surface area contributed by atoms with Crippen LogP contribution >= 0.6 is 0 Å². The molecule has 0 aromatic heterocycles.